The average Bonchev–Trinajstić information content (AvgIpc) is 3.06. The Morgan fingerprint density at radius 3 is 2.57 bits per heavy atom. The van der Waals surface area contributed by atoms with Crippen LogP contribution in [0.5, 0.6) is 0 Å². The second-order valence-electron chi connectivity index (χ2n) is 4.70. The van der Waals surface area contributed by atoms with E-state index in [0.29, 0.717) is 5.56 Å². The number of benzene rings is 1. The van der Waals surface area contributed by atoms with Crippen molar-refractivity contribution in [3.05, 3.63) is 58.4 Å². The lowest BCUT2D eigenvalue weighted by Crippen LogP contribution is -2.23. The highest BCUT2D eigenvalue weighted by molar-refractivity contribution is 6.33. The summed E-state index contributed by atoms with van der Waals surface area (Å²) in [6.45, 7) is 1.74. The van der Waals surface area contributed by atoms with Gasteiger partial charge in [-0.25, -0.2) is 4.79 Å². The molecular weight excluding hydrogens is 302 g/mol. The van der Waals surface area contributed by atoms with Crippen LogP contribution in [0.2, 0.25) is 0 Å². The van der Waals surface area contributed by atoms with E-state index in [1.54, 1.807) is 37.5 Å². The Hall–Kier alpha value is -3.03. The second kappa shape index (κ2) is 7.30. The molecule has 1 aromatic heterocycles. The van der Waals surface area contributed by atoms with Crippen molar-refractivity contribution in [2.24, 2.45) is 0 Å². The monoisotopic (exact) mass is 317 g/mol. The minimum atomic E-state index is -0.897. The van der Waals surface area contributed by atoms with Crippen LogP contribution in [0, 0.1) is 10.1 Å². The van der Waals surface area contributed by atoms with E-state index in [0.717, 1.165) is 0 Å². The fourth-order valence-electron chi connectivity index (χ4n) is 2.12. The number of rotatable bonds is 7. The van der Waals surface area contributed by atoms with Crippen molar-refractivity contribution in [2.45, 2.75) is 19.4 Å². The van der Waals surface area contributed by atoms with Gasteiger partial charge in [-0.15, -0.1) is 0 Å². The molecule has 0 aliphatic heterocycles. The lowest BCUT2D eigenvalue weighted by molar-refractivity contribution is -0.384. The van der Waals surface area contributed by atoms with Crippen LogP contribution in [0.4, 0.5) is 5.69 Å². The zero-order valence-corrected chi connectivity index (χ0v) is 12.4. The van der Waals surface area contributed by atoms with Gasteiger partial charge in [0.2, 0.25) is 5.78 Å². The maximum atomic E-state index is 12.0. The molecule has 0 fully saturated rings. The molecule has 0 amide bonds. The maximum Gasteiger partial charge on any atom is 0.374 e. The second-order valence-corrected chi connectivity index (χ2v) is 4.70. The van der Waals surface area contributed by atoms with Gasteiger partial charge in [-0.1, -0.05) is 12.1 Å². The highest BCUT2D eigenvalue weighted by atomic mass is 16.6. The first kappa shape index (κ1) is 16.3. The summed E-state index contributed by atoms with van der Waals surface area (Å²) in [4.78, 5) is 33.7. The molecule has 0 N–H and O–H groups in total. The minimum Gasteiger partial charge on any atom is -0.460 e. The quantitative estimate of drug-likeness (QED) is 0.334. The van der Waals surface area contributed by atoms with E-state index in [-0.39, 0.29) is 18.7 Å². The number of nitrogens with zero attached hydrogens (tertiary/aromatic N) is 3. The SMILES string of the molecule is CCOC(=O)C(=O)CC(c1ccc([N+](=O)[O-])cc1)n1cccn1. The van der Waals surface area contributed by atoms with Gasteiger partial charge in [0.1, 0.15) is 0 Å². The Bertz CT molecular complexity index is 694. The summed E-state index contributed by atoms with van der Waals surface area (Å²) in [6, 6.07) is 6.93. The topological polar surface area (TPSA) is 104 Å². The zero-order valence-electron chi connectivity index (χ0n) is 12.4. The third-order valence-electron chi connectivity index (χ3n) is 3.21. The Morgan fingerprint density at radius 1 is 1.35 bits per heavy atom. The van der Waals surface area contributed by atoms with E-state index >= 15 is 0 Å². The Labute approximate surface area is 131 Å². The van der Waals surface area contributed by atoms with Gasteiger partial charge in [-0.05, 0) is 18.6 Å². The highest BCUT2D eigenvalue weighted by Gasteiger charge is 2.24. The molecule has 2 rings (SSSR count). The number of hydrogen-bond donors (Lipinski definition) is 0. The van der Waals surface area contributed by atoms with Crippen molar-refractivity contribution in [1.29, 1.82) is 0 Å². The van der Waals surface area contributed by atoms with E-state index < -0.39 is 22.7 Å². The molecule has 0 saturated heterocycles. The molecule has 1 unspecified atom stereocenters. The normalized spacial score (nSPS) is 11.7. The van der Waals surface area contributed by atoms with Gasteiger partial charge in [0, 0.05) is 30.9 Å². The number of carbonyl (C=O) groups is 2. The van der Waals surface area contributed by atoms with Crippen LogP contribution >= 0.6 is 0 Å². The first-order valence-corrected chi connectivity index (χ1v) is 6.96. The summed E-state index contributed by atoms with van der Waals surface area (Å²) < 4.78 is 6.23. The Kier molecular flexibility index (Phi) is 5.19. The molecule has 1 heterocycles. The van der Waals surface area contributed by atoms with Gasteiger partial charge in [-0.3, -0.25) is 19.6 Å². The van der Waals surface area contributed by atoms with Crippen molar-refractivity contribution in [3.63, 3.8) is 0 Å². The number of nitro benzene ring substituents is 1. The summed E-state index contributed by atoms with van der Waals surface area (Å²) in [7, 11) is 0. The third kappa shape index (κ3) is 4.00. The number of ketones is 1. The summed E-state index contributed by atoms with van der Waals surface area (Å²) in [5, 5.41) is 14.8. The molecule has 8 nitrogen and oxygen atoms in total. The summed E-state index contributed by atoms with van der Waals surface area (Å²) >= 11 is 0. The van der Waals surface area contributed by atoms with Gasteiger partial charge in [0.25, 0.3) is 5.69 Å². The van der Waals surface area contributed by atoms with Crippen molar-refractivity contribution < 1.29 is 19.2 Å². The number of carbonyl (C=O) groups excluding carboxylic acids is 2. The number of esters is 1. The number of nitro groups is 1. The van der Waals surface area contributed by atoms with Gasteiger partial charge < -0.3 is 4.74 Å². The summed E-state index contributed by atoms with van der Waals surface area (Å²) in [5.41, 5.74) is 0.585. The first-order valence-electron chi connectivity index (χ1n) is 6.96. The summed E-state index contributed by atoms with van der Waals surface area (Å²) in [5.74, 6) is -1.57. The van der Waals surface area contributed by atoms with E-state index in [2.05, 4.69) is 5.10 Å². The fraction of sp³-hybridized carbons (Fsp3) is 0.267. The van der Waals surface area contributed by atoms with Crippen molar-refractivity contribution >= 4 is 17.4 Å². The minimum absolute atomic E-state index is 0.0512. The zero-order chi connectivity index (χ0) is 16.8. The van der Waals surface area contributed by atoms with Crippen LogP contribution in [0.25, 0.3) is 0 Å². The highest BCUT2D eigenvalue weighted by Crippen LogP contribution is 2.24. The maximum absolute atomic E-state index is 12.0. The molecule has 0 bridgehead atoms. The third-order valence-corrected chi connectivity index (χ3v) is 3.21. The fourth-order valence-corrected chi connectivity index (χ4v) is 2.12. The molecule has 8 heteroatoms. The van der Waals surface area contributed by atoms with Gasteiger partial charge in [0.15, 0.2) is 0 Å². The van der Waals surface area contributed by atoms with Crippen LogP contribution in [-0.4, -0.2) is 33.1 Å². The van der Waals surface area contributed by atoms with Gasteiger partial charge in [0.05, 0.1) is 17.6 Å². The lowest BCUT2D eigenvalue weighted by atomic mass is 10.0. The van der Waals surface area contributed by atoms with E-state index in [4.69, 9.17) is 4.74 Å². The lowest BCUT2D eigenvalue weighted by Gasteiger charge is -2.17. The average molecular weight is 317 g/mol. The van der Waals surface area contributed by atoms with Crippen LogP contribution in [0.15, 0.2) is 42.7 Å². The molecule has 0 aliphatic carbocycles. The largest absolute Gasteiger partial charge is 0.460 e. The molecule has 0 spiro atoms. The van der Waals surface area contributed by atoms with E-state index in [9.17, 15) is 19.7 Å². The number of non-ortho nitro benzene ring substituents is 1. The standard InChI is InChI=1S/C15H15N3O5/c1-2-23-15(20)14(19)10-13(17-9-3-8-16-17)11-4-6-12(7-5-11)18(21)22/h3-9,13H,2,10H2,1H3. The molecular formula is C15H15N3O5. The van der Waals surface area contributed by atoms with Gasteiger partial charge >= 0.3 is 5.97 Å². The number of ether oxygens (including phenoxy) is 1. The van der Waals surface area contributed by atoms with E-state index in [1.807, 2.05) is 0 Å². The van der Waals surface area contributed by atoms with Crippen LogP contribution in [-0.2, 0) is 14.3 Å². The van der Waals surface area contributed by atoms with Crippen molar-refractivity contribution in [1.82, 2.24) is 9.78 Å². The molecule has 0 saturated carbocycles. The number of hydrogen-bond acceptors (Lipinski definition) is 6. The summed E-state index contributed by atoms with van der Waals surface area (Å²) in [6.07, 6.45) is 3.07. The molecule has 1 aromatic carbocycles. The smallest absolute Gasteiger partial charge is 0.374 e. The molecule has 0 radical (unpaired) electrons. The molecule has 2 aromatic rings. The first-order chi connectivity index (χ1) is 11.0. The molecule has 120 valence electrons. The number of Topliss-reactive ketones (excluding diaryl/α,β-unsaturated/α-hetero) is 1. The van der Waals surface area contributed by atoms with Crippen LogP contribution < -0.4 is 0 Å². The van der Waals surface area contributed by atoms with Crippen LogP contribution in [0.3, 0.4) is 0 Å². The van der Waals surface area contributed by atoms with Crippen molar-refractivity contribution in [2.75, 3.05) is 6.61 Å². The molecule has 1 atom stereocenters. The Balaban J connectivity index is 2.26. The molecule has 23 heavy (non-hydrogen) atoms. The number of aromatic nitrogens is 2. The predicted molar refractivity (Wildman–Crippen MR) is 79.7 cm³/mol. The van der Waals surface area contributed by atoms with E-state index in [1.165, 1.54) is 16.8 Å². The van der Waals surface area contributed by atoms with Crippen LogP contribution in [0.1, 0.15) is 24.9 Å². The Morgan fingerprint density at radius 2 is 2.04 bits per heavy atom. The predicted octanol–water partition coefficient (Wildman–Crippen LogP) is 1.90. The van der Waals surface area contributed by atoms with Crippen molar-refractivity contribution in [3.8, 4) is 0 Å². The molecule has 0 aliphatic rings. The van der Waals surface area contributed by atoms with Gasteiger partial charge in [-0.2, -0.15) is 5.10 Å².